The largest absolute Gasteiger partial charge is 0.378 e. The smallest absolute Gasteiger partial charge is 0.220 e. The van der Waals surface area contributed by atoms with E-state index in [2.05, 4.69) is 5.32 Å². The SMILES string of the molecule is CC(C)(CCl)NC(=O)CCC1CCCO1. The molecule has 0 radical (unpaired) electrons. The third kappa shape index (κ3) is 4.85. The Labute approximate surface area is 96.5 Å². The van der Waals surface area contributed by atoms with E-state index in [4.69, 9.17) is 16.3 Å². The predicted molar refractivity (Wildman–Crippen MR) is 61.1 cm³/mol. The van der Waals surface area contributed by atoms with Gasteiger partial charge < -0.3 is 10.1 Å². The van der Waals surface area contributed by atoms with Crippen LogP contribution in [0.25, 0.3) is 0 Å². The summed E-state index contributed by atoms with van der Waals surface area (Å²) in [5.41, 5.74) is -0.310. The lowest BCUT2D eigenvalue weighted by molar-refractivity contribution is -0.123. The first-order valence-corrected chi connectivity index (χ1v) is 6.05. The van der Waals surface area contributed by atoms with Crippen LogP contribution < -0.4 is 5.32 Å². The zero-order valence-corrected chi connectivity index (χ0v) is 10.3. The molecule has 0 aromatic carbocycles. The number of hydrogen-bond acceptors (Lipinski definition) is 2. The minimum Gasteiger partial charge on any atom is -0.378 e. The summed E-state index contributed by atoms with van der Waals surface area (Å²) >= 11 is 5.73. The van der Waals surface area contributed by atoms with Crippen molar-refractivity contribution in [3.05, 3.63) is 0 Å². The lowest BCUT2D eigenvalue weighted by atomic mass is 10.1. The van der Waals surface area contributed by atoms with E-state index in [9.17, 15) is 4.79 Å². The highest BCUT2D eigenvalue weighted by atomic mass is 35.5. The Morgan fingerprint density at radius 1 is 1.60 bits per heavy atom. The van der Waals surface area contributed by atoms with Gasteiger partial charge in [0.2, 0.25) is 5.91 Å². The molecule has 0 aliphatic carbocycles. The molecule has 88 valence electrons. The molecular formula is C11H20ClNO2. The number of amides is 1. The number of carbonyl (C=O) groups is 1. The molecule has 1 aliphatic heterocycles. The maximum atomic E-state index is 11.5. The normalized spacial score (nSPS) is 21.7. The van der Waals surface area contributed by atoms with E-state index >= 15 is 0 Å². The van der Waals surface area contributed by atoms with Gasteiger partial charge in [0, 0.05) is 24.4 Å². The lowest BCUT2D eigenvalue weighted by Crippen LogP contribution is -2.45. The fourth-order valence-corrected chi connectivity index (χ4v) is 1.70. The van der Waals surface area contributed by atoms with E-state index in [0.717, 1.165) is 25.9 Å². The molecule has 1 aliphatic rings. The van der Waals surface area contributed by atoms with E-state index in [1.165, 1.54) is 0 Å². The summed E-state index contributed by atoms with van der Waals surface area (Å²) in [6.07, 6.45) is 3.86. The number of ether oxygens (including phenoxy) is 1. The van der Waals surface area contributed by atoms with Gasteiger partial charge in [-0.2, -0.15) is 0 Å². The Morgan fingerprint density at radius 2 is 2.33 bits per heavy atom. The van der Waals surface area contributed by atoms with Crippen LogP contribution in [0.2, 0.25) is 0 Å². The zero-order valence-electron chi connectivity index (χ0n) is 9.51. The van der Waals surface area contributed by atoms with Gasteiger partial charge in [-0.05, 0) is 33.1 Å². The Kier molecular flexibility index (Phi) is 4.87. The summed E-state index contributed by atoms with van der Waals surface area (Å²) in [4.78, 5) is 11.5. The van der Waals surface area contributed by atoms with Crippen LogP contribution >= 0.6 is 11.6 Å². The van der Waals surface area contributed by atoms with Crippen LogP contribution in [-0.2, 0) is 9.53 Å². The van der Waals surface area contributed by atoms with Gasteiger partial charge in [0.25, 0.3) is 0 Å². The van der Waals surface area contributed by atoms with Gasteiger partial charge in [-0.3, -0.25) is 4.79 Å². The molecule has 0 bridgehead atoms. The van der Waals surface area contributed by atoms with Crippen LogP contribution in [0.15, 0.2) is 0 Å². The van der Waals surface area contributed by atoms with Crippen LogP contribution in [-0.4, -0.2) is 30.0 Å². The Hall–Kier alpha value is -0.280. The van der Waals surface area contributed by atoms with Gasteiger partial charge in [-0.15, -0.1) is 11.6 Å². The van der Waals surface area contributed by atoms with Crippen molar-refractivity contribution in [2.24, 2.45) is 0 Å². The van der Waals surface area contributed by atoms with Gasteiger partial charge in [0.15, 0.2) is 0 Å². The second-order valence-electron chi connectivity index (χ2n) is 4.74. The molecule has 1 heterocycles. The summed E-state index contributed by atoms with van der Waals surface area (Å²) in [7, 11) is 0. The van der Waals surface area contributed by atoms with E-state index in [1.54, 1.807) is 0 Å². The predicted octanol–water partition coefficient (Wildman–Crippen LogP) is 2.08. The molecule has 1 saturated heterocycles. The Bertz CT molecular complexity index is 213. The number of halogens is 1. The molecule has 1 unspecified atom stereocenters. The molecule has 0 aromatic rings. The topological polar surface area (TPSA) is 38.3 Å². The second-order valence-corrected chi connectivity index (χ2v) is 5.01. The Morgan fingerprint density at radius 3 is 2.87 bits per heavy atom. The van der Waals surface area contributed by atoms with Crippen molar-refractivity contribution < 1.29 is 9.53 Å². The highest BCUT2D eigenvalue weighted by Gasteiger charge is 2.21. The van der Waals surface area contributed by atoms with Gasteiger partial charge >= 0.3 is 0 Å². The van der Waals surface area contributed by atoms with E-state index in [-0.39, 0.29) is 17.6 Å². The highest BCUT2D eigenvalue weighted by molar-refractivity contribution is 6.18. The summed E-state index contributed by atoms with van der Waals surface area (Å²) in [5, 5.41) is 2.90. The maximum Gasteiger partial charge on any atom is 0.220 e. The monoisotopic (exact) mass is 233 g/mol. The van der Waals surface area contributed by atoms with Crippen molar-refractivity contribution in [1.82, 2.24) is 5.32 Å². The zero-order chi connectivity index (χ0) is 11.3. The first kappa shape index (κ1) is 12.8. The van der Waals surface area contributed by atoms with Gasteiger partial charge in [0.1, 0.15) is 0 Å². The summed E-state index contributed by atoms with van der Waals surface area (Å²) < 4.78 is 5.45. The average molecular weight is 234 g/mol. The molecule has 0 saturated carbocycles. The molecular weight excluding hydrogens is 214 g/mol. The number of carbonyl (C=O) groups excluding carboxylic acids is 1. The van der Waals surface area contributed by atoms with Crippen LogP contribution in [0.3, 0.4) is 0 Å². The van der Waals surface area contributed by atoms with Crippen molar-refractivity contribution in [3.8, 4) is 0 Å². The molecule has 15 heavy (non-hydrogen) atoms. The van der Waals surface area contributed by atoms with E-state index in [1.807, 2.05) is 13.8 Å². The molecule has 3 nitrogen and oxygen atoms in total. The quantitative estimate of drug-likeness (QED) is 0.739. The lowest BCUT2D eigenvalue weighted by Gasteiger charge is -2.23. The molecule has 1 atom stereocenters. The van der Waals surface area contributed by atoms with Crippen LogP contribution in [0, 0.1) is 0 Å². The third-order valence-electron chi connectivity index (χ3n) is 2.53. The van der Waals surface area contributed by atoms with E-state index < -0.39 is 0 Å². The molecule has 1 amide bonds. The number of rotatable bonds is 5. The van der Waals surface area contributed by atoms with Gasteiger partial charge in [0.05, 0.1) is 6.10 Å². The molecule has 4 heteroatoms. The van der Waals surface area contributed by atoms with Crippen molar-refractivity contribution in [2.75, 3.05) is 12.5 Å². The molecule has 1 rings (SSSR count). The summed E-state index contributed by atoms with van der Waals surface area (Å²) in [6.45, 7) is 4.69. The van der Waals surface area contributed by atoms with Gasteiger partial charge in [-0.25, -0.2) is 0 Å². The Balaban J connectivity index is 2.18. The number of alkyl halides is 1. The molecule has 0 spiro atoms. The minimum atomic E-state index is -0.310. The average Bonchev–Trinajstić information content (AvgIpc) is 2.66. The molecule has 1 fully saturated rings. The van der Waals surface area contributed by atoms with Crippen molar-refractivity contribution in [1.29, 1.82) is 0 Å². The van der Waals surface area contributed by atoms with Crippen molar-refractivity contribution in [2.45, 2.75) is 51.2 Å². The maximum absolute atomic E-state index is 11.5. The van der Waals surface area contributed by atoms with E-state index in [0.29, 0.717) is 12.3 Å². The van der Waals surface area contributed by atoms with Gasteiger partial charge in [-0.1, -0.05) is 0 Å². The molecule has 0 aromatic heterocycles. The number of hydrogen-bond donors (Lipinski definition) is 1. The standard InChI is InChI=1S/C11H20ClNO2/c1-11(2,8-12)13-10(14)6-5-9-4-3-7-15-9/h9H,3-8H2,1-2H3,(H,13,14). The van der Waals surface area contributed by atoms with Crippen molar-refractivity contribution >= 4 is 17.5 Å². The summed E-state index contributed by atoms with van der Waals surface area (Å²) in [6, 6.07) is 0. The summed E-state index contributed by atoms with van der Waals surface area (Å²) in [5.74, 6) is 0.495. The molecule has 1 N–H and O–H groups in total. The van der Waals surface area contributed by atoms with Crippen molar-refractivity contribution in [3.63, 3.8) is 0 Å². The van der Waals surface area contributed by atoms with Crippen LogP contribution in [0.4, 0.5) is 0 Å². The van der Waals surface area contributed by atoms with Crippen LogP contribution in [0.1, 0.15) is 39.5 Å². The first-order valence-electron chi connectivity index (χ1n) is 5.52. The minimum absolute atomic E-state index is 0.0659. The number of nitrogens with one attached hydrogen (secondary N) is 1. The second kappa shape index (κ2) is 5.71. The first-order chi connectivity index (χ1) is 7.03. The fraction of sp³-hybridized carbons (Fsp3) is 0.909. The fourth-order valence-electron chi connectivity index (χ4n) is 1.64. The highest BCUT2D eigenvalue weighted by Crippen LogP contribution is 2.17. The third-order valence-corrected chi connectivity index (χ3v) is 3.20. The van der Waals surface area contributed by atoms with Crippen LogP contribution in [0.5, 0.6) is 0 Å².